The van der Waals surface area contributed by atoms with Crippen LogP contribution in [0.25, 0.3) is 0 Å². The van der Waals surface area contributed by atoms with Gasteiger partial charge in [0.15, 0.2) is 0 Å². The van der Waals surface area contributed by atoms with Gasteiger partial charge in [0.05, 0.1) is 18.3 Å². The van der Waals surface area contributed by atoms with Crippen LogP contribution in [-0.2, 0) is 4.79 Å². The van der Waals surface area contributed by atoms with Crippen LogP contribution in [0.5, 0.6) is 0 Å². The van der Waals surface area contributed by atoms with Crippen LogP contribution < -0.4 is 5.73 Å². The molecule has 1 amide bonds. The van der Waals surface area contributed by atoms with Gasteiger partial charge in [-0.15, -0.1) is 0 Å². The molecule has 1 aliphatic heterocycles. The van der Waals surface area contributed by atoms with Crippen molar-refractivity contribution in [3.05, 3.63) is 23.8 Å². The van der Waals surface area contributed by atoms with Gasteiger partial charge in [0.2, 0.25) is 5.91 Å². The van der Waals surface area contributed by atoms with Crippen LogP contribution in [0, 0.1) is 6.92 Å². The number of likely N-dealkylation sites (tertiary alicyclic amines) is 1. The zero-order valence-electron chi connectivity index (χ0n) is 10.1. The van der Waals surface area contributed by atoms with Gasteiger partial charge in [0.1, 0.15) is 5.82 Å². The normalized spacial score (nSPS) is 21.4. The van der Waals surface area contributed by atoms with Gasteiger partial charge >= 0.3 is 0 Å². The third-order valence-electron chi connectivity index (χ3n) is 3.11. The van der Waals surface area contributed by atoms with E-state index in [1.165, 1.54) is 6.42 Å². The fraction of sp³-hybridized carbons (Fsp3) is 0.583. The summed E-state index contributed by atoms with van der Waals surface area (Å²) >= 11 is 0. The molecule has 0 aromatic carbocycles. The molecule has 0 radical (unpaired) electrons. The second kappa shape index (κ2) is 5.23. The number of primary amides is 1. The van der Waals surface area contributed by atoms with E-state index in [1.807, 2.05) is 13.0 Å². The van der Waals surface area contributed by atoms with Crippen molar-refractivity contribution in [1.29, 1.82) is 0 Å². The lowest BCUT2D eigenvalue weighted by Crippen LogP contribution is -2.40. The number of amides is 1. The molecule has 0 unspecified atom stereocenters. The molecule has 0 spiro atoms. The van der Waals surface area contributed by atoms with Gasteiger partial charge in [-0.3, -0.25) is 9.69 Å². The number of aryl methyl sites for hydroxylation is 1. The van der Waals surface area contributed by atoms with Gasteiger partial charge in [0.25, 0.3) is 0 Å². The average Bonchev–Trinajstić information content (AvgIpc) is 2.29. The molecule has 1 aromatic rings. The topological polar surface area (TPSA) is 72.1 Å². The van der Waals surface area contributed by atoms with Crippen molar-refractivity contribution < 1.29 is 4.79 Å². The Morgan fingerprint density at radius 2 is 2.41 bits per heavy atom. The number of rotatable bonds is 3. The van der Waals surface area contributed by atoms with E-state index in [0.717, 1.165) is 30.9 Å². The molecule has 5 nitrogen and oxygen atoms in total. The summed E-state index contributed by atoms with van der Waals surface area (Å²) in [5.74, 6) is 0.495. The third-order valence-corrected chi connectivity index (χ3v) is 3.11. The Kier molecular flexibility index (Phi) is 3.68. The molecule has 0 aliphatic carbocycles. The molecule has 1 atom stereocenters. The largest absolute Gasteiger partial charge is 0.369 e. The lowest BCUT2D eigenvalue weighted by molar-refractivity contribution is -0.120. The zero-order chi connectivity index (χ0) is 12.3. The smallest absolute Gasteiger partial charge is 0.231 e. The molecule has 17 heavy (non-hydrogen) atoms. The predicted molar refractivity (Wildman–Crippen MR) is 64.1 cm³/mol. The maximum Gasteiger partial charge on any atom is 0.231 e. The van der Waals surface area contributed by atoms with E-state index in [0.29, 0.717) is 6.54 Å². The number of hydrogen-bond donors (Lipinski definition) is 1. The number of hydrogen-bond acceptors (Lipinski definition) is 4. The van der Waals surface area contributed by atoms with Gasteiger partial charge in [0, 0.05) is 6.20 Å². The maximum atomic E-state index is 11.1. The molecule has 2 N–H and O–H groups in total. The number of carbonyl (C=O) groups excluding carboxylic acids is 1. The highest BCUT2D eigenvalue weighted by Gasteiger charge is 2.25. The van der Waals surface area contributed by atoms with Crippen molar-refractivity contribution in [2.24, 2.45) is 5.73 Å². The first-order chi connectivity index (χ1) is 8.16. The first-order valence-corrected chi connectivity index (χ1v) is 5.98. The summed E-state index contributed by atoms with van der Waals surface area (Å²) in [4.78, 5) is 21.7. The quantitative estimate of drug-likeness (QED) is 0.839. The summed E-state index contributed by atoms with van der Waals surface area (Å²) in [5.41, 5.74) is 6.28. The van der Waals surface area contributed by atoms with Crippen LogP contribution in [0.15, 0.2) is 12.3 Å². The standard InChI is InChI=1S/C12H18N4O/c1-9-14-6-5-10(15-9)11-4-2-3-7-16(11)8-12(13)17/h5-6,11H,2-4,7-8H2,1H3,(H2,13,17)/t11-/m1/s1. The maximum absolute atomic E-state index is 11.1. The zero-order valence-corrected chi connectivity index (χ0v) is 10.1. The van der Waals surface area contributed by atoms with E-state index in [1.54, 1.807) is 6.20 Å². The van der Waals surface area contributed by atoms with E-state index in [2.05, 4.69) is 14.9 Å². The minimum Gasteiger partial charge on any atom is -0.369 e. The Hall–Kier alpha value is -1.49. The molecule has 0 saturated carbocycles. The summed E-state index contributed by atoms with van der Waals surface area (Å²) in [7, 11) is 0. The number of piperidine rings is 1. The Balaban J connectivity index is 2.18. The van der Waals surface area contributed by atoms with E-state index in [9.17, 15) is 4.79 Å². The van der Waals surface area contributed by atoms with Gasteiger partial charge in [-0.25, -0.2) is 9.97 Å². The predicted octanol–water partition coefficient (Wildman–Crippen LogP) is 0.797. The summed E-state index contributed by atoms with van der Waals surface area (Å²) in [5, 5.41) is 0. The molecule has 0 bridgehead atoms. The minimum atomic E-state index is -0.275. The summed E-state index contributed by atoms with van der Waals surface area (Å²) in [6, 6.07) is 2.13. The molecule has 2 rings (SSSR count). The molecular formula is C12H18N4O. The second-order valence-electron chi connectivity index (χ2n) is 4.48. The van der Waals surface area contributed by atoms with Crippen LogP contribution >= 0.6 is 0 Å². The SMILES string of the molecule is Cc1nccc([C@H]2CCCCN2CC(N)=O)n1. The van der Waals surface area contributed by atoms with Gasteiger partial charge in [-0.2, -0.15) is 0 Å². The summed E-state index contributed by atoms with van der Waals surface area (Å²) in [6.45, 7) is 3.11. The lowest BCUT2D eigenvalue weighted by atomic mass is 9.99. The number of nitrogens with two attached hydrogens (primary N) is 1. The van der Waals surface area contributed by atoms with Crippen LogP contribution in [0.4, 0.5) is 0 Å². The van der Waals surface area contributed by atoms with E-state index in [-0.39, 0.29) is 11.9 Å². The van der Waals surface area contributed by atoms with Crippen molar-refractivity contribution in [1.82, 2.24) is 14.9 Å². The van der Waals surface area contributed by atoms with Crippen molar-refractivity contribution in [2.75, 3.05) is 13.1 Å². The van der Waals surface area contributed by atoms with Gasteiger partial charge < -0.3 is 5.73 Å². The Morgan fingerprint density at radius 1 is 1.59 bits per heavy atom. The van der Waals surface area contributed by atoms with Crippen molar-refractivity contribution in [2.45, 2.75) is 32.2 Å². The van der Waals surface area contributed by atoms with Crippen LogP contribution in [0.3, 0.4) is 0 Å². The summed E-state index contributed by atoms with van der Waals surface area (Å²) in [6.07, 6.45) is 5.09. The molecule has 1 aliphatic rings. The van der Waals surface area contributed by atoms with Crippen LogP contribution in [0.2, 0.25) is 0 Å². The first-order valence-electron chi connectivity index (χ1n) is 5.98. The first kappa shape index (κ1) is 12.0. The average molecular weight is 234 g/mol. The Labute approximate surface area is 101 Å². The van der Waals surface area contributed by atoms with Gasteiger partial charge in [-0.05, 0) is 32.4 Å². The fourth-order valence-electron chi connectivity index (χ4n) is 2.38. The number of nitrogens with zero attached hydrogens (tertiary/aromatic N) is 3. The molecule has 92 valence electrons. The number of carbonyl (C=O) groups is 1. The second-order valence-corrected chi connectivity index (χ2v) is 4.48. The highest BCUT2D eigenvalue weighted by molar-refractivity contribution is 5.76. The van der Waals surface area contributed by atoms with Crippen LogP contribution in [-0.4, -0.2) is 33.9 Å². The molecule has 1 saturated heterocycles. The lowest BCUT2D eigenvalue weighted by Gasteiger charge is -2.34. The number of aromatic nitrogens is 2. The molecule has 2 heterocycles. The van der Waals surface area contributed by atoms with Gasteiger partial charge in [-0.1, -0.05) is 6.42 Å². The molecule has 1 aromatic heterocycles. The van der Waals surface area contributed by atoms with Crippen molar-refractivity contribution in [3.8, 4) is 0 Å². The Bertz CT molecular complexity index is 407. The third kappa shape index (κ3) is 3.00. The monoisotopic (exact) mass is 234 g/mol. The van der Waals surface area contributed by atoms with Crippen molar-refractivity contribution >= 4 is 5.91 Å². The minimum absolute atomic E-state index is 0.206. The summed E-state index contributed by atoms with van der Waals surface area (Å²) < 4.78 is 0. The van der Waals surface area contributed by atoms with Crippen molar-refractivity contribution in [3.63, 3.8) is 0 Å². The highest BCUT2D eigenvalue weighted by Crippen LogP contribution is 2.29. The molecular weight excluding hydrogens is 216 g/mol. The van der Waals surface area contributed by atoms with E-state index < -0.39 is 0 Å². The highest BCUT2D eigenvalue weighted by atomic mass is 16.1. The van der Waals surface area contributed by atoms with Crippen LogP contribution in [0.1, 0.15) is 36.8 Å². The molecule has 1 fully saturated rings. The fourth-order valence-corrected chi connectivity index (χ4v) is 2.38. The van der Waals surface area contributed by atoms with E-state index in [4.69, 9.17) is 5.73 Å². The molecule has 5 heteroatoms. The van der Waals surface area contributed by atoms with E-state index >= 15 is 0 Å². The Morgan fingerprint density at radius 3 is 3.12 bits per heavy atom.